The topological polar surface area (TPSA) is 22.1 Å². The van der Waals surface area contributed by atoms with Gasteiger partial charge in [-0.2, -0.15) is 0 Å². The van der Waals surface area contributed by atoms with E-state index in [0.29, 0.717) is 5.92 Å². The highest BCUT2D eigenvalue weighted by Gasteiger charge is 2.09. The third-order valence-corrected chi connectivity index (χ3v) is 6.03. The molecule has 1 heterocycles. The Bertz CT molecular complexity index is 697. The minimum Gasteiger partial charge on any atom is -0.493 e. The average Bonchev–Trinajstić information content (AvgIpc) is 2.79. The molecular formula is C28H43NO. The van der Waals surface area contributed by atoms with E-state index in [1.165, 1.54) is 69.8 Å². The minimum absolute atomic E-state index is 0.564. The number of hydrogen-bond donors (Lipinski definition) is 0. The highest BCUT2D eigenvalue weighted by Crippen LogP contribution is 2.29. The van der Waals surface area contributed by atoms with E-state index in [4.69, 9.17) is 4.74 Å². The number of pyridine rings is 1. The fourth-order valence-electron chi connectivity index (χ4n) is 3.75. The second kappa shape index (κ2) is 15.0. The Hall–Kier alpha value is -1.83. The van der Waals surface area contributed by atoms with E-state index in [9.17, 15) is 0 Å². The van der Waals surface area contributed by atoms with Crippen molar-refractivity contribution in [2.45, 2.75) is 97.8 Å². The summed E-state index contributed by atoms with van der Waals surface area (Å²) in [6.07, 6.45) is 18.0. The SMILES string of the molecule is CCCCCCCCCCCCc1ccnc(-c2ccccc2OCC(C)CC)c1. The summed E-state index contributed by atoms with van der Waals surface area (Å²) in [5, 5.41) is 0. The zero-order chi connectivity index (χ0) is 21.4. The van der Waals surface area contributed by atoms with E-state index >= 15 is 0 Å². The van der Waals surface area contributed by atoms with E-state index in [-0.39, 0.29) is 0 Å². The minimum atomic E-state index is 0.564. The maximum absolute atomic E-state index is 6.11. The van der Waals surface area contributed by atoms with Crippen LogP contribution in [0.25, 0.3) is 11.3 Å². The van der Waals surface area contributed by atoms with Crippen LogP contribution < -0.4 is 4.74 Å². The number of aromatic nitrogens is 1. The predicted octanol–water partition coefficient (Wildman–Crippen LogP) is 8.64. The summed E-state index contributed by atoms with van der Waals surface area (Å²) in [4.78, 5) is 4.64. The fourth-order valence-corrected chi connectivity index (χ4v) is 3.75. The summed E-state index contributed by atoms with van der Waals surface area (Å²) in [5.74, 6) is 1.51. The molecule has 0 radical (unpaired) electrons. The van der Waals surface area contributed by atoms with Crippen LogP contribution in [0.2, 0.25) is 0 Å². The van der Waals surface area contributed by atoms with Crippen LogP contribution in [0.1, 0.15) is 97.0 Å². The number of ether oxygens (including phenoxy) is 1. The van der Waals surface area contributed by atoms with Crippen LogP contribution in [-0.4, -0.2) is 11.6 Å². The predicted molar refractivity (Wildman–Crippen MR) is 130 cm³/mol. The Labute approximate surface area is 185 Å². The van der Waals surface area contributed by atoms with Crippen LogP contribution in [0, 0.1) is 5.92 Å². The summed E-state index contributed by atoms with van der Waals surface area (Å²) in [7, 11) is 0. The zero-order valence-corrected chi connectivity index (χ0v) is 19.7. The van der Waals surface area contributed by atoms with Gasteiger partial charge in [-0.1, -0.05) is 97.1 Å². The number of benzene rings is 1. The molecule has 1 aromatic heterocycles. The van der Waals surface area contributed by atoms with Gasteiger partial charge in [0.15, 0.2) is 0 Å². The van der Waals surface area contributed by atoms with Gasteiger partial charge in [-0.25, -0.2) is 0 Å². The Balaban J connectivity index is 1.77. The number of nitrogens with zero attached hydrogens (tertiary/aromatic N) is 1. The molecule has 1 aromatic carbocycles. The second-order valence-corrected chi connectivity index (χ2v) is 8.80. The molecule has 30 heavy (non-hydrogen) atoms. The van der Waals surface area contributed by atoms with E-state index in [1.807, 2.05) is 12.3 Å². The first kappa shape index (κ1) is 24.4. The van der Waals surface area contributed by atoms with Gasteiger partial charge in [-0.3, -0.25) is 4.98 Å². The molecule has 0 N–H and O–H groups in total. The molecule has 0 spiro atoms. The molecule has 0 amide bonds. The van der Waals surface area contributed by atoms with Crippen LogP contribution >= 0.6 is 0 Å². The molecule has 0 aliphatic rings. The van der Waals surface area contributed by atoms with Crippen LogP contribution in [0.5, 0.6) is 5.75 Å². The van der Waals surface area contributed by atoms with Crippen molar-refractivity contribution in [2.24, 2.45) is 5.92 Å². The standard InChI is InChI=1S/C28H43NO/c1-4-6-7-8-9-10-11-12-13-14-17-25-20-21-29-27(22-25)26-18-15-16-19-28(26)30-23-24(3)5-2/h15-16,18-22,24H,4-14,17,23H2,1-3H3. The van der Waals surface area contributed by atoms with Crippen LogP contribution in [-0.2, 0) is 6.42 Å². The smallest absolute Gasteiger partial charge is 0.128 e. The first-order chi connectivity index (χ1) is 14.7. The summed E-state index contributed by atoms with van der Waals surface area (Å²) in [5.41, 5.74) is 3.52. The van der Waals surface area contributed by atoms with Crippen LogP contribution in [0.15, 0.2) is 42.6 Å². The maximum Gasteiger partial charge on any atom is 0.128 e. The lowest BCUT2D eigenvalue weighted by molar-refractivity contribution is 0.257. The molecule has 166 valence electrons. The van der Waals surface area contributed by atoms with E-state index in [1.54, 1.807) is 0 Å². The lowest BCUT2D eigenvalue weighted by Crippen LogP contribution is -2.08. The van der Waals surface area contributed by atoms with Gasteiger partial charge in [-0.15, -0.1) is 0 Å². The van der Waals surface area contributed by atoms with E-state index in [2.05, 4.69) is 56.1 Å². The van der Waals surface area contributed by atoms with Gasteiger partial charge in [0.2, 0.25) is 0 Å². The van der Waals surface area contributed by atoms with Crippen molar-refractivity contribution in [3.05, 3.63) is 48.2 Å². The lowest BCUT2D eigenvalue weighted by atomic mass is 10.0. The summed E-state index contributed by atoms with van der Waals surface area (Å²) >= 11 is 0. The normalized spacial score (nSPS) is 12.1. The Kier molecular flexibility index (Phi) is 12.3. The van der Waals surface area contributed by atoms with Gasteiger partial charge in [-0.05, 0) is 48.6 Å². The quantitative estimate of drug-likeness (QED) is 0.259. The first-order valence-corrected chi connectivity index (χ1v) is 12.4. The van der Waals surface area contributed by atoms with Gasteiger partial charge in [0.1, 0.15) is 5.75 Å². The number of aryl methyl sites for hydroxylation is 1. The Morgan fingerprint density at radius 3 is 2.20 bits per heavy atom. The van der Waals surface area contributed by atoms with Crippen molar-refractivity contribution in [2.75, 3.05) is 6.61 Å². The van der Waals surface area contributed by atoms with Gasteiger partial charge in [0.05, 0.1) is 12.3 Å². The molecule has 1 atom stereocenters. The fraction of sp³-hybridized carbons (Fsp3) is 0.607. The molecule has 1 unspecified atom stereocenters. The molecule has 2 rings (SSSR count). The van der Waals surface area contributed by atoms with Gasteiger partial charge >= 0.3 is 0 Å². The third-order valence-electron chi connectivity index (χ3n) is 6.03. The number of rotatable bonds is 16. The van der Waals surface area contributed by atoms with E-state index in [0.717, 1.165) is 36.5 Å². The maximum atomic E-state index is 6.11. The highest BCUT2D eigenvalue weighted by molar-refractivity contribution is 5.67. The molecule has 2 heteroatoms. The van der Waals surface area contributed by atoms with Crippen molar-refractivity contribution >= 4 is 0 Å². The number of para-hydroxylation sites is 1. The summed E-state index contributed by atoms with van der Waals surface area (Å²) < 4.78 is 6.11. The average molecular weight is 410 g/mol. The summed E-state index contributed by atoms with van der Waals surface area (Å²) in [6, 6.07) is 12.7. The first-order valence-electron chi connectivity index (χ1n) is 12.4. The molecule has 0 fully saturated rings. The number of unbranched alkanes of at least 4 members (excludes halogenated alkanes) is 9. The van der Waals surface area contributed by atoms with Crippen molar-refractivity contribution in [1.82, 2.24) is 4.98 Å². The largest absolute Gasteiger partial charge is 0.493 e. The molecule has 2 aromatic rings. The molecule has 0 aliphatic carbocycles. The Morgan fingerprint density at radius 1 is 0.833 bits per heavy atom. The van der Waals surface area contributed by atoms with E-state index < -0.39 is 0 Å². The van der Waals surface area contributed by atoms with Crippen molar-refractivity contribution in [3.8, 4) is 17.0 Å². The lowest BCUT2D eigenvalue weighted by Gasteiger charge is -2.14. The van der Waals surface area contributed by atoms with Crippen LogP contribution in [0.3, 0.4) is 0 Å². The second-order valence-electron chi connectivity index (χ2n) is 8.80. The summed E-state index contributed by atoms with van der Waals surface area (Å²) in [6.45, 7) is 7.48. The molecule has 0 saturated carbocycles. The van der Waals surface area contributed by atoms with Gasteiger partial charge < -0.3 is 4.74 Å². The van der Waals surface area contributed by atoms with Crippen molar-refractivity contribution in [1.29, 1.82) is 0 Å². The third kappa shape index (κ3) is 9.32. The molecular weight excluding hydrogens is 366 g/mol. The highest BCUT2D eigenvalue weighted by atomic mass is 16.5. The molecule has 0 saturated heterocycles. The Morgan fingerprint density at radius 2 is 1.50 bits per heavy atom. The van der Waals surface area contributed by atoms with Gasteiger partial charge in [0.25, 0.3) is 0 Å². The molecule has 0 bridgehead atoms. The van der Waals surface area contributed by atoms with Crippen molar-refractivity contribution in [3.63, 3.8) is 0 Å². The number of hydrogen-bond acceptors (Lipinski definition) is 2. The molecule has 2 nitrogen and oxygen atoms in total. The van der Waals surface area contributed by atoms with Crippen molar-refractivity contribution < 1.29 is 4.74 Å². The van der Waals surface area contributed by atoms with Crippen LogP contribution in [0.4, 0.5) is 0 Å². The molecule has 0 aliphatic heterocycles. The monoisotopic (exact) mass is 409 g/mol. The van der Waals surface area contributed by atoms with Gasteiger partial charge in [0, 0.05) is 11.8 Å². The zero-order valence-electron chi connectivity index (χ0n) is 19.7.